The standard InChI is InChI=1S/C13H19N3S2/c1-8(2)11(10-6-5-7-17-10)14-13-15-12(9(3)4)16-18-13/h5-9,11H,1-4H3,(H,14,15,16). The SMILES string of the molecule is CC(C)c1nsc(NC(c2cccs2)C(C)C)n1. The lowest BCUT2D eigenvalue weighted by Crippen LogP contribution is -2.15. The lowest BCUT2D eigenvalue weighted by atomic mass is 10.0. The molecule has 0 aromatic carbocycles. The number of anilines is 1. The van der Waals surface area contributed by atoms with Crippen LogP contribution in [0.4, 0.5) is 5.13 Å². The van der Waals surface area contributed by atoms with Crippen LogP contribution in [0.1, 0.15) is 50.4 Å². The van der Waals surface area contributed by atoms with Gasteiger partial charge in [-0.05, 0) is 17.4 Å². The highest BCUT2D eigenvalue weighted by atomic mass is 32.1. The summed E-state index contributed by atoms with van der Waals surface area (Å²) < 4.78 is 4.38. The van der Waals surface area contributed by atoms with Gasteiger partial charge in [0.15, 0.2) is 0 Å². The molecule has 2 heterocycles. The van der Waals surface area contributed by atoms with E-state index in [1.165, 1.54) is 16.4 Å². The van der Waals surface area contributed by atoms with Crippen LogP contribution in [0, 0.1) is 5.92 Å². The second-order valence-corrected chi connectivity index (χ2v) is 6.72. The van der Waals surface area contributed by atoms with Crippen molar-refractivity contribution >= 4 is 28.0 Å². The smallest absolute Gasteiger partial charge is 0.203 e. The molecular formula is C13H19N3S2. The molecule has 0 aliphatic carbocycles. The molecule has 18 heavy (non-hydrogen) atoms. The molecule has 0 radical (unpaired) electrons. The van der Waals surface area contributed by atoms with Crippen molar-refractivity contribution in [2.45, 2.75) is 39.7 Å². The Bertz CT molecular complexity index is 474. The fraction of sp³-hybridized carbons (Fsp3) is 0.538. The minimum Gasteiger partial charge on any atom is -0.352 e. The van der Waals surface area contributed by atoms with E-state index in [2.05, 4.69) is 59.9 Å². The Hall–Kier alpha value is -0.940. The van der Waals surface area contributed by atoms with Crippen molar-refractivity contribution in [3.8, 4) is 0 Å². The number of hydrogen-bond donors (Lipinski definition) is 1. The van der Waals surface area contributed by atoms with E-state index in [1.807, 2.05) is 0 Å². The second kappa shape index (κ2) is 5.80. The van der Waals surface area contributed by atoms with Gasteiger partial charge in [-0.2, -0.15) is 4.37 Å². The molecule has 0 aliphatic rings. The van der Waals surface area contributed by atoms with Crippen LogP contribution in [0.15, 0.2) is 17.5 Å². The fourth-order valence-corrected chi connectivity index (χ4v) is 3.39. The number of rotatable bonds is 5. The maximum absolute atomic E-state index is 4.54. The predicted octanol–water partition coefficient (Wildman–Crippen LogP) is 4.53. The van der Waals surface area contributed by atoms with Gasteiger partial charge in [-0.15, -0.1) is 11.3 Å². The molecule has 98 valence electrons. The fourth-order valence-electron chi connectivity index (χ4n) is 1.70. The van der Waals surface area contributed by atoms with Crippen LogP contribution in [-0.4, -0.2) is 9.36 Å². The first-order valence-electron chi connectivity index (χ1n) is 6.21. The number of thiophene rings is 1. The zero-order chi connectivity index (χ0) is 13.1. The van der Waals surface area contributed by atoms with Gasteiger partial charge in [0.2, 0.25) is 5.13 Å². The van der Waals surface area contributed by atoms with Crippen LogP contribution in [0.5, 0.6) is 0 Å². The zero-order valence-corrected chi connectivity index (χ0v) is 12.8. The molecule has 2 aromatic rings. The molecule has 5 heteroatoms. The summed E-state index contributed by atoms with van der Waals surface area (Å²) >= 11 is 3.24. The molecule has 0 fully saturated rings. The van der Waals surface area contributed by atoms with Crippen molar-refractivity contribution in [2.24, 2.45) is 5.92 Å². The Balaban J connectivity index is 2.14. The third-order valence-electron chi connectivity index (χ3n) is 2.75. The van der Waals surface area contributed by atoms with Crippen molar-refractivity contribution in [3.63, 3.8) is 0 Å². The van der Waals surface area contributed by atoms with Gasteiger partial charge in [-0.3, -0.25) is 0 Å². The van der Waals surface area contributed by atoms with E-state index < -0.39 is 0 Å². The van der Waals surface area contributed by atoms with Crippen LogP contribution >= 0.6 is 22.9 Å². The molecule has 0 aliphatic heterocycles. The van der Waals surface area contributed by atoms with Crippen molar-refractivity contribution in [1.29, 1.82) is 0 Å². The third kappa shape index (κ3) is 3.09. The Morgan fingerprint density at radius 1 is 1.22 bits per heavy atom. The van der Waals surface area contributed by atoms with Gasteiger partial charge in [0.25, 0.3) is 0 Å². The molecule has 2 aromatic heterocycles. The lowest BCUT2D eigenvalue weighted by molar-refractivity contribution is 0.553. The van der Waals surface area contributed by atoms with E-state index in [1.54, 1.807) is 11.3 Å². The van der Waals surface area contributed by atoms with Crippen LogP contribution in [0.2, 0.25) is 0 Å². The summed E-state index contributed by atoms with van der Waals surface area (Å²) in [6, 6.07) is 4.58. The monoisotopic (exact) mass is 281 g/mol. The molecule has 0 amide bonds. The topological polar surface area (TPSA) is 37.8 Å². The molecule has 3 nitrogen and oxygen atoms in total. The predicted molar refractivity (Wildman–Crippen MR) is 79.5 cm³/mol. The lowest BCUT2D eigenvalue weighted by Gasteiger charge is -2.20. The highest BCUT2D eigenvalue weighted by Crippen LogP contribution is 2.30. The van der Waals surface area contributed by atoms with Gasteiger partial charge in [0, 0.05) is 22.3 Å². The summed E-state index contributed by atoms with van der Waals surface area (Å²) in [4.78, 5) is 5.90. The summed E-state index contributed by atoms with van der Waals surface area (Å²) in [6.07, 6.45) is 0. The van der Waals surface area contributed by atoms with E-state index in [0.29, 0.717) is 17.9 Å². The van der Waals surface area contributed by atoms with Gasteiger partial charge in [0.1, 0.15) is 5.82 Å². The summed E-state index contributed by atoms with van der Waals surface area (Å²) in [5.74, 6) is 1.84. The Morgan fingerprint density at radius 3 is 2.50 bits per heavy atom. The number of nitrogens with zero attached hydrogens (tertiary/aromatic N) is 2. The van der Waals surface area contributed by atoms with E-state index in [0.717, 1.165) is 11.0 Å². The molecule has 0 saturated carbocycles. The summed E-state index contributed by atoms with van der Waals surface area (Å²) in [5.41, 5.74) is 0. The van der Waals surface area contributed by atoms with Crippen LogP contribution in [0.3, 0.4) is 0 Å². The Labute approximate surface area is 116 Å². The van der Waals surface area contributed by atoms with Crippen molar-refractivity contribution in [2.75, 3.05) is 5.32 Å². The number of aromatic nitrogens is 2. The molecule has 1 unspecified atom stereocenters. The van der Waals surface area contributed by atoms with E-state index >= 15 is 0 Å². The molecular weight excluding hydrogens is 262 g/mol. The third-order valence-corrected chi connectivity index (χ3v) is 4.37. The highest BCUT2D eigenvalue weighted by molar-refractivity contribution is 7.10. The first-order chi connectivity index (χ1) is 8.58. The number of hydrogen-bond acceptors (Lipinski definition) is 5. The molecule has 2 rings (SSSR count). The first-order valence-corrected chi connectivity index (χ1v) is 7.86. The van der Waals surface area contributed by atoms with Crippen molar-refractivity contribution < 1.29 is 0 Å². The van der Waals surface area contributed by atoms with Gasteiger partial charge >= 0.3 is 0 Å². The van der Waals surface area contributed by atoms with Crippen LogP contribution in [0.25, 0.3) is 0 Å². The molecule has 0 spiro atoms. The molecule has 1 atom stereocenters. The maximum atomic E-state index is 4.54. The summed E-state index contributed by atoms with van der Waals surface area (Å²) in [6.45, 7) is 8.68. The van der Waals surface area contributed by atoms with Gasteiger partial charge in [-0.25, -0.2) is 4.98 Å². The molecule has 0 saturated heterocycles. The minimum absolute atomic E-state index is 0.318. The second-order valence-electron chi connectivity index (χ2n) is 4.99. The normalized spacial score (nSPS) is 13.2. The average Bonchev–Trinajstić information content (AvgIpc) is 2.96. The number of nitrogens with one attached hydrogen (secondary N) is 1. The van der Waals surface area contributed by atoms with Crippen LogP contribution in [-0.2, 0) is 0 Å². The summed E-state index contributed by atoms with van der Waals surface area (Å²) in [5, 5.41) is 6.55. The van der Waals surface area contributed by atoms with E-state index in [9.17, 15) is 0 Å². The largest absolute Gasteiger partial charge is 0.352 e. The van der Waals surface area contributed by atoms with Gasteiger partial charge < -0.3 is 5.32 Å². The molecule has 0 bridgehead atoms. The summed E-state index contributed by atoms with van der Waals surface area (Å²) in [7, 11) is 0. The van der Waals surface area contributed by atoms with Crippen LogP contribution < -0.4 is 5.32 Å². The minimum atomic E-state index is 0.318. The van der Waals surface area contributed by atoms with Crippen molar-refractivity contribution in [3.05, 3.63) is 28.2 Å². The average molecular weight is 281 g/mol. The van der Waals surface area contributed by atoms with Gasteiger partial charge in [-0.1, -0.05) is 33.8 Å². The quantitative estimate of drug-likeness (QED) is 0.874. The van der Waals surface area contributed by atoms with E-state index in [-0.39, 0.29) is 0 Å². The van der Waals surface area contributed by atoms with E-state index in [4.69, 9.17) is 0 Å². The Kier molecular flexibility index (Phi) is 4.35. The zero-order valence-electron chi connectivity index (χ0n) is 11.2. The van der Waals surface area contributed by atoms with Crippen molar-refractivity contribution in [1.82, 2.24) is 9.36 Å². The van der Waals surface area contributed by atoms with Gasteiger partial charge in [0.05, 0.1) is 6.04 Å². The maximum Gasteiger partial charge on any atom is 0.203 e. The first kappa shape index (κ1) is 13.5. The highest BCUT2D eigenvalue weighted by Gasteiger charge is 2.18. The molecule has 1 N–H and O–H groups in total. The Morgan fingerprint density at radius 2 is 2.00 bits per heavy atom.